The van der Waals surface area contributed by atoms with E-state index in [0.29, 0.717) is 6.04 Å². The van der Waals surface area contributed by atoms with Crippen molar-refractivity contribution in [3.05, 3.63) is 12.7 Å². The highest BCUT2D eigenvalue weighted by molar-refractivity contribution is 5.23. The molecule has 0 aliphatic heterocycles. The van der Waals surface area contributed by atoms with Crippen molar-refractivity contribution in [2.45, 2.75) is 13.0 Å². The molecule has 58 valence electrons. The van der Waals surface area contributed by atoms with Gasteiger partial charge in [-0.15, -0.1) is 6.58 Å². The molecule has 2 nitrogen and oxygen atoms in total. The van der Waals surface area contributed by atoms with E-state index >= 15 is 0 Å². The first-order valence-corrected chi connectivity index (χ1v) is 3.51. The van der Waals surface area contributed by atoms with Gasteiger partial charge in [0.25, 0.3) is 0 Å². The Kier molecular flexibility index (Phi) is 4.85. The van der Waals surface area contributed by atoms with E-state index in [1.807, 2.05) is 6.08 Å². The SMILES string of the molecule is C=CC(CN=C)N(C)CC. The van der Waals surface area contributed by atoms with Crippen molar-refractivity contribution in [1.29, 1.82) is 0 Å². The molecule has 0 fully saturated rings. The molecule has 1 unspecified atom stereocenters. The molecule has 0 heterocycles. The van der Waals surface area contributed by atoms with Crippen LogP contribution in [0.2, 0.25) is 0 Å². The zero-order chi connectivity index (χ0) is 7.98. The van der Waals surface area contributed by atoms with Gasteiger partial charge in [0.15, 0.2) is 0 Å². The quantitative estimate of drug-likeness (QED) is 0.414. The van der Waals surface area contributed by atoms with E-state index < -0.39 is 0 Å². The largest absolute Gasteiger partial charge is 0.299 e. The molecule has 0 radical (unpaired) electrons. The standard InChI is InChI=1S/C8H16N2/c1-5-8(7-9-3)10(4)6-2/h5,8H,1,3,6-7H2,2,4H3. The fraction of sp³-hybridized carbons (Fsp3) is 0.625. The molecule has 0 amide bonds. The topological polar surface area (TPSA) is 15.6 Å². The number of likely N-dealkylation sites (N-methyl/N-ethyl adjacent to an activating group) is 1. The van der Waals surface area contributed by atoms with Crippen molar-refractivity contribution >= 4 is 6.72 Å². The van der Waals surface area contributed by atoms with Gasteiger partial charge >= 0.3 is 0 Å². The molecule has 0 saturated heterocycles. The van der Waals surface area contributed by atoms with Crippen molar-refractivity contribution in [3.8, 4) is 0 Å². The average molecular weight is 140 g/mol. The van der Waals surface area contributed by atoms with Crippen LogP contribution in [0.4, 0.5) is 0 Å². The third kappa shape index (κ3) is 2.78. The van der Waals surface area contributed by atoms with Crippen molar-refractivity contribution < 1.29 is 0 Å². The van der Waals surface area contributed by atoms with Crippen molar-refractivity contribution in [3.63, 3.8) is 0 Å². The second-order valence-electron chi connectivity index (χ2n) is 2.28. The van der Waals surface area contributed by atoms with Gasteiger partial charge in [0.1, 0.15) is 0 Å². The first kappa shape index (κ1) is 9.37. The molecule has 0 rings (SSSR count). The maximum Gasteiger partial charge on any atom is 0.0573 e. The molecule has 0 aromatic rings. The summed E-state index contributed by atoms with van der Waals surface area (Å²) in [6.45, 7) is 11.0. The van der Waals surface area contributed by atoms with Gasteiger partial charge in [-0.05, 0) is 20.3 Å². The highest BCUT2D eigenvalue weighted by Crippen LogP contribution is 1.96. The van der Waals surface area contributed by atoms with Crippen LogP contribution in [0.5, 0.6) is 0 Å². The van der Waals surface area contributed by atoms with Gasteiger partial charge in [-0.3, -0.25) is 9.89 Å². The Morgan fingerprint density at radius 1 is 1.70 bits per heavy atom. The van der Waals surface area contributed by atoms with Crippen LogP contribution in [-0.4, -0.2) is 37.8 Å². The molecule has 0 aromatic carbocycles. The molecule has 0 spiro atoms. The van der Waals surface area contributed by atoms with Gasteiger partial charge in [-0.25, -0.2) is 0 Å². The second-order valence-corrected chi connectivity index (χ2v) is 2.28. The van der Waals surface area contributed by atoms with E-state index in [1.54, 1.807) is 0 Å². The zero-order valence-corrected chi connectivity index (χ0v) is 6.88. The van der Waals surface area contributed by atoms with Crippen LogP contribution in [0, 0.1) is 0 Å². The molecule has 0 aliphatic carbocycles. The van der Waals surface area contributed by atoms with Gasteiger partial charge < -0.3 is 0 Å². The van der Waals surface area contributed by atoms with E-state index in [4.69, 9.17) is 0 Å². The van der Waals surface area contributed by atoms with Crippen LogP contribution in [0.3, 0.4) is 0 Å². The highest BCUT2D eigenvalue weighted by atomic mass is 15.1. The summed E-state index contributed by atoms with van der Waals surface area (Å²) >= 11 is 0. The van der Waals surface area contributed by atoms with Gasteiger partial charge in [0.2, 0.25) is 0 Å². The fourth-order valence-electron chi connectivity index (χ4n) is 0.761. The van der Waals surface area contributed by atoms with Gasteiger partial charge in [0.05, 0.1) is 6.54 Å². The smallest absolute Gasteiger partial charge is 0.0573 e. The van der Waals surface area contributed by atoms with E-state index in [0.717, 1.165) is 13.1 Å². The van der Waals surface area contributed by atoms with Crippen LogP contribution < -0.4 is 0 Å². The van der Waals surface area contributed by atoms with Crippen LogP contribution in [0.1, 0.15) is 6.92 Å². The number of aliphatic imine (C=N–C) groups is 1. The van der Waals surface area contributed by atoms with Gasteiger partial charge in [0, 0.05) is 6.04 Å². The molecule has 0 bridgehead atoms. The van der Waals surface area contributed by atoms with Gasteiger partial charge in [-0.1, -0.05) is 13.0 Å². The summed E-state index contributed by atoms with van der Waals surface area (Å²) in [5.74, 6) is 0. The third-order valence-electron chi connectivity index (χ3n) is 1.65. The molecule has 0 N–H and O–H groups in total. The Labute approximate surface area is 63.3 Å². The summed E-state index contributed by atoms with van der Waals surface area (Å²) in [5.41, 5.74) is 0. The summed E-state index contributed by atoms with van der Waals surface area (Å²) in [6.07, 6.45) is 1.90. The third-order valence-corrected chi connectivity index (χ3v) is 1.65. The Morgan fingerprint density at radius 3 is 2.60 bits per heavy atom. The Hall–Kier alpha value is -0.630. The predicted molar refractivity (Wildman–Crippen MR) is 46.7 cm³/mol. The molecular weight excluding hydrogens is 124 g/mol. The molecular formula is C8H16N2. The Morgan fingerprint density at radius 2 is 2.30 bits per heavy atom. The zero-order valence-electron chi connectivity index (χ0n) is 6.88. The number of hydrogen-bond donors (Lipinski definition) is 0. The van der Waals surface area contributed by atoms with Crippen LogP contribution in [0.25, 0.3) is 0 Å². The minimum atomic E-state index is 0.350. The van der Waals surface area contributed by atoms with Crippen molar-refractivity contribution in [2.24, 2.45) is 4.99 Å². The maximum atomic E-state index is 3.81. The first-order valence-electron chi connectivity index (χ1n) is 3.51. The summed E-state index contributed by atoms with van der Waals surface area (Å²) in [6, 6.07) is 0.350. The summed E-state index contributed by atoms with van der Waals surface area (Å²) < 4.78 is 0. The van der Waals surface area contributed by atoms with Crippen molar-refractivity contribution in [2.75, 3.05) is 20.1 Å². The van der Waals surface area contributed by atoms with Gasteiger partial charge in [-0.2, -0.15) is 0 Å². The molecule has 0 saturated carbocycles. The summed E-state index contributed by atoms with van der Waals surface area (Å²) in [4.78, 5) is 6.00. The minimum Gasteiger partial charge on any atom is -0.299 e. The molecule has 0 aromatic heterocycles. The van der Waals surface area contributed by atoms with E-state index in [2.05, 4.69) is 37.2 Å². The lowest BCUT2D eigenvalue weighted by atomic mass is 10.2. The predicted octanol–water partition coefficient (Wildman–Crippen LogP) is 1.19. The lowest BCUT2D eigenvalue weighted by Crippen LogP contribution is -2.31. The van der Waals surface area contributed by atoms with E-state index in [9.17, 15) is 0 Å². The fourth-order valence-corrected chi connectivity index (χ4v) is 0.761. The molecule has 0 aliphatic rings. The Balaban J connectivity index is 3.78. The molecule has 10 heavy (non-hydrogen) atoms. The van der Waals surface area contributed by atoms with E-state index in [-0.39, 0.29) is 0 Å². The number of hydrogen-bond acceptors (Lipinski definition) is 2. The monoisotopic (exact) mass is 140 g/mol. The average Bonchev–Trinajstić information content (AvgIpc) is 1.99. The molecule has 1 atom stereocenters. The van der Waals surface area contributed by atoms with Crippen LogP contribution in [-0.2, 0) is 0 Å². The summed E-state index contributed by atoms with van der Waals surface area (Å²) in [7, 11) is 2.05. The van der Waals surface area contributed by atoms with E-state index in [1.165, 1.54) is 0 Å². The van der Waals surface area contributed by atoms with Crippen LogP contribution in [0.15, 0.2) is 17.6 Å². The lowest BCUT2D eigenvalue weighted by molar-refractivity contribution is 0.303. The first-order chi connectivity index (χ1) is 4.76. The van der Waals surface area contributed by atoms with Crippen LogP contribution >= 0.6 is 0 Å². The second kappa shape index (κ2) is 5.18. The summed E-state index contributed by atoms with van der Waals surface area (Å²) in [5, 5.41) is 0. The van der Waals surface area contributed by atoms with Crippen molar-refractivity contribution in [1.82, 2.24) is 4.90 Å². The molecule has 2 heteroatoms. The Bertz CT molecular complexity index is 110. The lowest BCUT2D eigenvalue weighted by Gasteiger charge is -2.21. The highest BCUT2D eigenvalue weighted by Gasteiger charge is 2.05. The maximum absolute atomic E-state index is 3.81. The number of nitrogens with zero attached hydrogens (tertiary/aromatic N) is 2. The number of rotatable bonds is 5. The normalized spacial score (nSPS) is 13.1. The minimum absolute atomic E-state index is 0.350.